The maximum Gasteiger partial charge on any atom is 0.306 e. The first-order valence-corrected chi connectivity index (χ1v) is 24.2. The number of carbonyl (C=O) groups excluding carboxylic acids is 2. The van der Waals surface area contributed by atoms with Crippen molar-refractivity contribution >= 4 is 19.8 Å². The fourth-order valence-electron chi connectivity index (χ4n) is 5.64. The Hall–Kier alpha value is -2.59. The van der Waals surface area contributed by atoms with Crippen LogP contribution in [-0.2, 0) is 32.7 Å². The Kier molecular flexibility index (Phi) is 37.8. The highest BCUT2D eigenvalue weighted by atomic mass is 31.2. The monoisotopic (exact) mass is 850 g/mol. The van der Waals surface area contributed by atoms with Gasteiger partial charge in [0.2, 0.25) is 0 Å². The van der Waals surface area contributed by atoms with Crippen LogP contribution in [0.1, 0.15) is 162 Å². The Bertz CT molecular complexity index is 1250. The minimum atomic E-state index is -4.66. The average Bonchev–Trinajstić information content (AvgIpc) is 3.18. The molecule has 0 spiro atoms. The molecule has 0 aliphatic carbocycles. The second-order valence-electron chi connectivity index (χ2n) is 16.3. The molecule has 0 aromatic rings. The van der Waals surface area contributed by atoms with Crippen LogP contribution in [0.2, 0.25) is 0 Å². The second kappa shape index (κ2) is 39.5. The van der Waals surface area contributed by atoms with Gasteiger partial charge in [-0.25, -0.2) is 0 Å². The molecule has 0 aliphatic rings. The molecule has 1 N–H and O–H groups in total. The number of phosphoric ester groups is 1. The summed E-state index contributed by atoms with van der Waals surface area (Å²) >= 11 is 0. The predicted octanol–water partition coefficient (Wildman–Crippen LogP) is 11.4. The minimum absolute atomic E-state index is 0.0569. The third kappa shape index (κ3) is 43.3. The van der Waals surface area contributed by atoms with E-state index in [-0.39, 0.29) is 26.1 Å². The molecule has 340 valence electrons. The molecule has 3 atom stereocenters. The van der Waals surface area contributed by atoms with Crippen LogP contribution in [0.25, 0.3) is 0 Å². The Morgan fingerprint density at radius 3 is 1.76 bits per heavy atom. The quantitative estimate of drug-likeness (QED) is 0.0160. The molecular formula is C48H84NO9P. The average molecular weight is 850 g/mol. The van der Waals surface area contributed by atoms with Crippen LogP contribution in [0, 0.1) is 0 Å². The fourth-order valence-corrected chi connectivity index (χ4v) is 6.37. The number of likely N-dealkylation sites (N-methyl/N-ethyl adjacent to an activating group) is 1. The van der Waals surface area contributed by atoms with Gasteiger partial charge in [-0.2, -0.15) is 0 Å². The van der Waals surface area contributed by atoms with Gasteiger partial charge in [-0.1, -0.05) is 145 Å². The number of esters is 2. The number of hydrogen-bond acceptors (Lipinski definition) is 9. The van der Waals surface area contributed by atoms with Gasteiger partial charge in [0, 0.05) is 12.8 Å². The summed E-state index contributed by atoms with van der Waals surface area (Å²) in [7, 11) is 1.08. The summed E-state index contributed by atoms with van der Waals surface area (Å²) in [5.41, 5.74) is 0. The first kappa shape index (κ1) is 56.4. The second-order valence-corrected chi connectivity index (χ2v) is 17.7. The lowest BCUT2D eigenvalue weighted by molar-refractivity contribution is -0.870. The lowest BCUT2D eigenvalue weighted by atomic mass is 10.1. The molecule has 0 radical (unpaired) electrons. The van der Waals surface area contributed by atoms with Crippen LogP contribution in [0.4, 0.5) is 0 Å². The highest BCUT2D eigenvalue weighted by Gasteiger charge is 2.21. The number of allylic oxidation sites excluding steroid dienone is 10. The fraction of sp³-hybridized carbons (Fsp3) is 0.708. The summed E-state index contributed by atoms with van der Waals surface area (Å²) in [6.45, 7) is 3.99. The zero-order valence-corrected chi connectivity index (χ0v) is 38.7. The lowest BCUT2D eigenvalue weighted by Gasteiger charge is -2.28. The molecule has 0 amide bonds. The highest BCUT2D eigenvalue weighted by molar-refractivity contribution is 7.45. The molecule has 0 rings (SSSR count). The zero-order valence-electron chi connectivity index (χ0n) is 37.8. The van der Waals surface area contributed by atoms with Crippen molar-refractivity contribution < 1.29 is 47.2 Å². The number of aliphatic hydroxyl groups excluding tert-OH is 1. The standard InChI is InChI=1S/C48H84NO9P/c1-6-8-10-12-14-15-16-17-18-19-20-21-22-23-27-31-35-39-47(51)55-43-46(44-57-59(53,54)56-42-41-49(3,4)5)58-48(52)40-36-32-28-25-24-26-30-34-38-45(50)37-33-29-13-11-9-7-2/h14-15,17-18,25-26,28-30,33-34,38,45-46,50H,6-13,16,19-24,27,31-32,35-37,39-44H2,1-5H3/b15-14-,18-17-,28-25-,30-26-,33-29-,38-34+/t45-,46+/m0/s1. The number of ether oxygens (including phenoxy) is 2. The van der Waals surface area contributed by atoms with Gasteiger partial charge in [0.05, 0.1) is 33.9 Å². The van der Waals surface area contributed by atoms with Gasteiger partial charge in [-0.05, 0) is 77.0 Å². The van der Waals surface area contributed by atoms with E-state index in [0.717, 1.165) is 44.9 Å². The van der Waals surface area contributed by atoms with Gasteiger partial charge < -0.3 is 33.0 Å². The van der Waals surface area contributed by atoms with Crippen molar-refractivity contribution in [2.24, 2.45) is 0 Å². The van der Waals surface area contributed by atoms with Gasteiger partial charge in [-0.15, -0.1) is 0 Å². The lowest BCUT2D eigenvalue weighted by Crippen LogP contribution is -2.37. The van der Waals surface area contributed by atoms with Crippen molar-refractivity contribution in [3.63, 3.8) is 0 Å². The Morgan fingerprint density at radius 2 is 1.15 bits per heavy atom. The van der Waals surface area contributed by atoms with Gasteiger partial charge in [0.15, 0.2) is 6.10 Å². The van der Waals surface area contributed by atoms with Crippen LogP contribution < -0.4 is 4.89 Å². The Balaban J connectivity index is 4.52. The first-order chi connectivity index (χ1) is 28.4. The molecule has 0 aliphatic heterocycles. The largest absolute Gasteiger partial charge is 0.756 e. The number of rotatable bonds is 40. The van der Waals surface area contributed by atoms with Gasteiger partial charge in [0.1, 0.15) is 19.8 Å². The van der Waals surface area contributed by atoms with E-state index in [9.17, 15) is 24.2 Å². The van der Waals surface area contributed by atoms with Crippen LogP contribution in [0.15, 0.2) is 72.9 Å². The number of hydrogen-bond donors (Lipinski definition) is 1. The number of carbonyl (C=O) groups is 2. The molecule has 0 saturated heterocycles. The first-order valence-electron chi connectivity index (χ1n) is 22.8. The minimum Gasteiger partial charge on any atom is -0.756 e. The van der Waals surface area contributed by atoms with E-state index >= 15 is 0 Å². The molecule has 0 saturated carbocycles. The third-order valence-electron chi connectivity index (χ3n) is 9.28. The van der Waals surface area contributed by atoms with E-state index in [4.69, 9.17) is 18.5 Å². The van der Waals surface area contributed by atoms with Crippen molar-refractivity contribution in [2.45, 2.75) is 174 Å². The Morgan fingerprint density at radius 1 is 0.627 bits per heavy atom. The normalized spacial score (nSPS) is 14.8. The molecule has 0 bridgehead atoms. The molecule has 0 fully saturated rings. The maximum atomic E-state index is 12.7. The number of phosphoric acid groups is 1. The molecule has 0 aromatic carbocycles. The molecule has 1 unspecified atom stereocenters. The number of unbranched alkanes of at least 4 members (excludes halogenated alkanes) is 14. The summed E-state index contributed by atoms with van der Waals surface area (Å²) < 4.78 is 33.8. The van der Waals surface area contributed by atoms with Crippen molar-refractivity contribution in [3.8, 4) is 0 Å². The Labute approximate surface area is 360 Å². The smallest absolute Gasteiger partial charge is 0.306 e. The predicted molar refractivity (Wildman–Crippen MR) is 242 cm³/mol. The summed E-state index contributed by atoms with van der Waals surface area (Å²) in [6, 6.07) is 0. The molecule has 11 heteroatoms. The molecule has 0 aromatic heterocycles. The van der Waals surface area contributed by atoms with E-state index in [1.54, 1.807) is 6.08 Å². The van der Waals surface area contributed by atoms with Gasteiger partial charge in [-0.3, -0.25) is 14.2 Å². The number of aliphatic hydroxyl groups is 1. The highest BCUT2D eigenvalue weighted by Crippen LogP contribution is 2.38. The van der Waals surface area contributed by atoms with Gasteiger partial charge in [0.25, 0.3) is 7.82 Å². The SMILES string of the molecule is CCCCC/C=C\C/C=C\CCCCCCCCCC(=O)OC[C@H](COP(=O)([O-])OCC[N+](C)(C)C)OC(=O)CCC/C=C\C/C=C\C=C\[C@@H](O)C/C=C\CCCCC. The van der Waals surface area contributed by atoms with E-state index in [1.807, 2.05) is 57.6 Å². The molecular weight excluding hydrogens is 765 g/mol. The summed E-state index contributed by atoms with van der Waals surface area (Å²) in [4.78, 5) is 37.6. The molecule has 0 heterocycles. The van der Waals surface area contributed by atoms with Crippen molar-refractivity contribution in [1.29, 1.82) is 0 Å². The van der Waals surface area contributed by atoms with Crippen molar-refractivity contribution in [1.82, 2.24) is 0 Å². The van der Waals surface area contributed by atoms with Gasteiger partial charge >= 0.3 is 11.9 Å². The van der Waals surface area contributed by atoms with Crippen LogP contribution in [-0.4, -0.2) is 81.2 Å². The van der Waals surface area contributed by atoms with Crippen LogP contribution in [0.3, 0.4) is 0 Å². The number of quaternary nitrogens is 1. The maximum absolute atomic E-state index is 12.7. The molecule has 59 heavy (non-hydrogen) atoms. The van der Waals surface area contributed by atoms with E-state index in [0.29, 0.717) is 36.7 Å². The zero-order chi connectivity index (χ0) is 43.7. The van der Waals surface area contributed by atoms with Crippen LogP contribution in [0.5, 0.6) is 0 Å². The summed E-state index contributed by atoms with van der Waals surface area (Å²) in [5, 5.41) is 10.1. The van der Waals surface area contributed by atoms with E-state index in [2.05, 4.69) is 44.2 Å². The topological polar surface area (TPSA) is 131 Å². The van der Waals surface area contributed by atoms with Crippen molar-refractivity contribution in [2.75, 3.05) is 47.5 Å². The summed E-state index contributed by atoms with van der Waals surface area (Å²) in [6.07, 6.45) is 45.3. The number of nitrogens with zero attached hydrogens (tertiary/aromatic N) is 1. The summed E-state index contributed by atoms with van der Waals surface area (Å²) in [5.74, 6) is -0.954. The van der Waals surface area contributed by atoms with Crippen molar-refractivity contribution in [3.05, 3.63) is 72.9 Å². The van der Waals surface area contributed by atoms with Crippen LogP contribution >= 0.6 is 7.82 Å². The third-order valence-corrected chi connectivity index (χ3v) is 10.2. The van der Waals surface area contributed by atoms with E-state index < -0.39 is 38.6 Å². The van der Waals surface area contributed by atoms with E-state index in [1.165, 1.54) is 64.2 Å². The molecule has 10 nitrogen and oxygen atoms in total.